The van der Waals surface area contributed by atoms with E-state index in [2.05, 4.69) is 9.47 Å². The molecule has 2 unspecified atom stereocenters. The Labute approximate surface area is 281 Å². The van der Waals surface area contributed by atoms with Gasteiger partial charge in [-0.05, 0) is 11.8 Å². The molecule has 0 aromatic rings. The molecule has 0 aliphatic rings. The SMILES string of the molecule is CC(C)C(OC(=O)/C=C/C(=O)OC(C(C)C)C(F)(F)C(F)(F)C(F)(F)C(F)(F)C(F)(F)C(F)(F)F)C(F)(F)C(F)(F)C(F)(F)C(F)(F)C(F)(F)C(F)(F)F. The number of ether oxygens (including phenoxy) is 2. The first kappa shape index (κ1) is 50.9. The minimum Gasteiger partial charge on any atom is -0.452 e. The number of esters is 2. The maximum absolute atomic E-state index is 14.5. The van der Waals surface area contributed by atoms with Gasteiger partial charge in [0.15, 0.2) is 12.2 Å². The van der Waals surface area contributed by atoms with Crippen LogP contribution in [-0.4, -0.2) is 95.7 Å². The van der Waals surface area contributed by atoms with Gasteiger partial charge in [0.05, 0.1) is 0 Å². The van der Waals surface area contributed by atoms with Gasteiger partial charge in [0, 0.05) is 12.2 Å². The highest BCUT2D eigenvalue weighted by Gasteiger charge is 2.93. The number of alkyl halides is 26. The van der Waals surface area contributed by atoms with Crippen LogP contribution in [0.5, 0.6) is 0 Å². The molecule has 0 spiro atoms. The minimum absolute atomic E-state index is 0.167. The van der Waals surface area contributed by atoms with Gasteiger partial charge in [-0.25, -0.2) is 9.59 Å². The van der Waals surface area contributed by atoms with E-state index in [-0.39, 0.29) is 27.7 Å². The number of carbonyl (C=O) groups is 2. The third kappa shape index (κ3) is 7.79. The summed E-state index contributed by atoms with van der Waals surface area (Å²) < 4.78 is 357. The molecule has 0 bridgehead atoms. The van der Waals surface area contributed by atoms with Gasteiger partial charge >= 0.3 is 83.5 Å². The molecule has 4 nitrogen and oxygen atoms in total. The summed E-state index contributed by atoms with van der Waals surface area (Å²) in [5, 5.41) is 0. The normalized spacial score (nSPS) is 17.0. The van der Waals surface area contributed by atoms with Crippen LogP contribution in [0.2, 0.25) is 0 Å². The third-order valence-electron chi connectivity index (χ3n) is 6.68. The molecule has 320 valence electrons. The lowest BCUT2D eigenvalue weighted by Gasteiger charge is -2.42. The molecule has 0 aromatic carbocycles. The average molecular weight is 864 g/mol. The van der Waals surface area contributed by atoms with Crippen molar-refractivity contribution in [3.05, 3.63) is 12.2 Å². The third-order valence-corrected chi connectivity index (χ3v) is 6.68. The monoisotopic (exact) mass is 864 g/mol. The van der Waals surface area contributed by atoms with E-state index < -0.39 is 120 Å². The highest BCUT2D eigenvalue weighted by atomic mass is 19.4. The van der Waals surface area contributed by atoms with Gasteiger partial charge in [-0.1, -0.05) is 27.7 Å². The molecule has 0 N–H and O–H groups in total. The molecule has 2 atom stereocenters. The quantitative estimate of drug-likeness (QED) is 0.0882. The predicted molar refractivity (Wildman–Crippen MR) is 120 cm³/mol. The molecule has 0 fully saturated rings. The Hall–Kier alpha value is -3.14. The zero-order chi connectivity index (χ0) is 44.3. The molecule has 0 aliphatic carbocycles. The predicted octanol–water partition coefficient (Wildman–Crippen LogP) is 10.2. The van der Waals surface area contributed by atoms with E-state index in [1.165, 1.54) is 0 Å². The fourth-order valence-corrected chi connectivity index (χ4v) is 3.64. The number of hydrogen-bond donors (Lipinski definition) is 0. The molecule has 0 radical (unpaired) electrons. The van der Waals surface area contributed by atoms with Crippen molar-refractivity contribution in [1.29, 1.82) is 0 Å². The first-order valence-corrected chi connectivity index (χ1v) is 13.2. The molecule has 0 aliphatic heterocycles. The van der Waals surface area contributed by atoms with Crippen molar-refractivity contribution in [2.45, 2.75) is 111 Å². The van der Waals surface area contributed by atoms with Crippen molar-refractivity contribution in [1.82, 2.24) is 0 Å². The van der Waals surface area contributed by atoms with Crippen LogP contribution in [0, 0.1) is 11.8 Å². The fourth-order valence-electron chi connectivity index (χ4n) is 3.64. The van der Waals surface area contributed by atoms with Gasteiger partial charge in [0.2, 0.25) is 0 Å². The van der Waals surface area contributed by atoms with Crippen molar-refractivity contribution in [2.24, 2.45) is 11.8 Å². The molecule has 0 rings (SSSR count). The lowest BCUT2D eigenvalue weighted by molar-refractivity contribution is -0.445. The Balaban J connectivity index is 6.65. The van der Waals surface area contributed by atoms with E-state index in [0.29, 0.717) is 0 Å². The molecule has 0 aromatic heterocycles. The fraction of sp³-hybridized carbons (Fsp3) is 0.833. The lowest BCUT2D eigenvalue weighted by atomic mass is 9.88. The van der Waals surface area contributed by atoms with Crippen molar-refractivity contribution in [3.8, 4) is 0 Å². The van der Waals surface area contributed by atoms with Gasteiger partial charge in [0.25, 0.3) is 0 Å². The summed E-state index contributed by atoms with van der Waals surface area (Å²) in [5.74, 6) is -91.1. The summed E-state index contributed by atoms with van der Waals surface area (Å²) >= 11 is 0. The van der Waals surface area contributed by atoms with Crippen molar-refractivity contribution < 1.29 is 133 Å². The Morgan fingerprint density at radius 3 is 0.704 bits per heavy atom. The van der Waals surface area contributed by atoms with E-state index in [9.17, 15) is 124 Å². The Kier molecular flexibility index (Phi) is 13.6. The number of rotatable bonds is 16. The standard InChI is InChI=1S/C24H18F26O4/c1-7(2)11(13(25,26)15(29,30)17(33,34)19(37,38)21(41,42)23(45,46)47)53-9(51)5-6-10(52)54-12(8(3)4)14(27,28)16(31,32)18(35,36)20(39,40)22(43,44)24(48,49)50/h5-8,11-12H,1-4H3/b6-5+. The Bertz CT molecular complexity index is 1270. The van der Waals surface area contributed by atoms with Crippen LogP contribution in [-0.2, 0) is 19.1 Å². The molecule has 30 heteroatoms. The van der Waals surface area contributed by atoms with E-state index in [4.69, 9.17) is 0 Å². The summed E-state index contributed by atoms with van der Waals surface area (Å²) in [6.07, 6.45) is -25.9. The highest BCUT2D eigenvalue weighted by Crippen LogP contribution is 2.63. The van der Waals surface area contributed by atoms with Crippen LogP contribution in [0.25, 0.3) is 0 Å². The molecule has 0 saturated heterocycles. The second kappa shape index (κ2) is 14.4. The molecular weight excluding hydrogens is 846 g/mol. The molecule has 0 heterocycles. The van der Waals surface area contributed by atoms with Crippen LogP contribution >= 0.6 is 0 Å². The molecule has 0 saturated carbocycles. The minimum atomic E-state index is -8.40. The van der Waals surface area contributed by atoms with E-state index in [0.717, 1.165) is 0 Å². The van der Waals surface area contributed by atoms with Gasteiger partial charge < -0.3 is 9.47 Å². The second-order valence-electron chi connectivity index (χ2n) is 11.4. The van der Waals surface area contributed by atoms with Gasteiger partial charge in [-0.15, -0.1) is 0 Å². The Morgan fingerprint density at radius 2 is 0.537 bits per heavy atom. The van der Waals surface area contributed by atoms with E-state index in [1.807, 2.05) is 0 Å². The summed E-state index contributed by atoms with van der Waals surface area (Å²) in [6.45, 7) is 0.666. The van der Waals surface area contributed by atoms with Crippen LogP contribution in [0.3, 0.4) is 0 Å². The zero-order valence-electron chi connectivity index (χ0n) is 25.9. The largest absolute Gasteiger partial charge is 0.460 e. The second-order valence-corrected chi connectivity index (χ2v) is 11.4. The summed E-state index contributed by atoms with van der Waals surface area (Å²) in [6, 6.07) is 0. The average Bonchev–Trinajstić information content (AvgIpc) is 2.94. The Morgan fingerprint density at radius 1 is 0.352 bits per heavy atom. The molecular formula is C24H18F26O4. The number of halogens is 26. The summed E-state index contributed by atoms with van der Waals surface area (Å²) in [7, 11) is 0. The van der Waals surface area contributed by atoms with E-state index >= 15 is 0 Å². The number of hydrogen-bond acceptors (Lipinski definition) is 4. The molecule has 0 amide bonds. The van der Waals surface area contributed by atoms with Crippen molar-refractivity contribution in [2.75, 3.05) is 0 Å². The van der Waals surface area contributed by atoms with Crippen molar-refractivity contribution in [3.63, 3.8) is 0 Å². The first-order valence-electron chi connectivity index (χ1n) is 13.2. The number of carbonyl (C=O) groups excluding carboxylic acids is 2. The summed E-state index contributed by atoms with van der Waals surface area (Å²) in [5.41, 5.74) is 0. The maximum atomic E-state index is 14.5. The molecule has 54 heavy (non-hydrogen) atoms. The summed E-state index contributed by atoms with van der Waals surface area (Å²) in [4.78, 5) is 23.7. The smallest absolute Gasteiger partial charge is 0.452 e. The maximum Gasteiger partial charge on any atom is 0.460 e. The van der Waals surface area contributed by atoms with Gasteiger partial charge in [-0.2, -0.15) is 114 Å². The zero-order valence-corrected chi connectivity index (χ0v) is 25.9. The van der Waals surface area contributed by atoms with Crippen molar-refractivity contribution >= 4 is 11.9 Å². The van der Waals surface area contributed by atoms with Crippen LogP contribution in [0.4, 0.5) is 114 Å². The van der Waals surface area contributed by atoms with Crippen LogP contribution in [0.1, 0.15) is 27.7 Å². The van der Waals surface area contributed by atoms with E-state index in [1.54, 1.807) is 0 Å². The van der Waals surface area contributed by atoms with Gasteiger partial charge in [-0.3, -0.25) is 0 Å². The first-order chi connectivity index (χ1) is 23.2. The highest BCUT2D eigenvalue weighted by molar-refractivity contribution is 5.91. The van der Waals surface area contributed by atoms with Crippen LogP contribution in [0.15, 0.2) is 12.2 Å². The topological polar surface area (TPSA) is 52.6 Å². The lowest BCUT2D eigenvalue weighted by Crippen LogP contribution is -2.72. The van der Waals surface area contributed by atoms with Gasteiger partial charge in [0.1, 0.15) is 0 Å². The van der Waals surface area contributed by atoms with Crippen LogP contribution < -0.4 is 0 Å².